The predicted molar refractivity (Wildman–Crippen MR) is 69.8 cm³/mol. The molecule has 0 spiro atoms. The first-order valence-electron chi connectivity index (χ1n) is 5.48. The Morgan fingerprint density at radius 3 is 2.89 bits per heavy atom. The van der Waals surface area contributed by atoms with E-state index in [-0.39, 0.29) is 6.54 Å². The van der Waals surface area contributed by atoms with Crippen LogP contribution in [0, 0.1) is 18.2 Å². The van der Waals surface area contributed by atoms with Gasteiger partial charge in [-0.05, 0) is 19.1 Å². The summed E-state index contributed by atoms with van der Waals surface area (Å²) in [7, 11) is 0. The molecule has 0 heterocycles. The van der Waals surface area contributed by atoms with E-state index >= 15 is 0 Å². The van der Waals surface area contributed by atoms with Gasteiger partial charge in [0.2, 0.25) is 0 Å². The number of hydrogen-bond donors (Lipinski definition) is 1. The van der Waals surface area contributed by atoms with Crippen molar-refractivity contribution in [1.82, 2.24) is 0 Å². The Labute approximate surface area is 106 Å². The summed E-state index contributed by atoms with van der Waals surface area (Å²) in [5, 5.41) is 8.61. The number of carboxylic acid groups (broad SMARTS) is 1. The first kappa shape index (κ1) is 13.8. The molecule has 0 aliphatic rings. The average Bonchev–Trinajstić information content (AvgIpc) is 2.34. The van der Waals surface area contributed by atoms with E-state index in [9.17, 15) is 9.18 Å². The Bertz CT molecular complexity index is 503. The molecule has 0 atom stereocenters. The summed E-state index contributed by atoms with van der Waals surface area (Å²) < 4.78 is 13.8. The van der Waals surface area contributed by atoms with Crippen LogP contribution in [0.25, 0.3) is 6.08 Å². The fourth-order valence-corrected chi connectivity index (χ4v) is 1.62. The number of rotatable bonds is 5. The molecule has 1 aromatic carbocycles. The molecular weight excluding hydrogens is 233 g/mol. The summed E-state index contributed by atoms with van der Waals surface area (Å²) in [5.41, 5.74) is 0.824. The molecule has 0 saturated carbocycles. The van der Waals surface area contributed by atoms with Gasteiger partial charge < -0.3 is 10.0 Å². The summed E-state index contributed by atoms with van der Waals surface area (Å²) in [6.45, 7) is 2.67. The first-order valence-corrected chi connectivity index (χ1v) is 5.48. The van der Waals surface area contributed by atoms with Crippen molar-refractivity contribution in [3.63, 3.8) is 0 Å². The molecule has 0 aliphatic carbocycles. The molecule has 1 rings (SSSR count). The highest BCUT2D eigenvalue weighted by atomic mass is 19.1. The van der Waals surface area contributed by atoms with Gasteiger partial charge in [0.15, 0.2) is 0 Å². The van der Waals surface area contributed by atoms with Crippen molar-refractivity contribution in [2.45, 2.75) is 6.92 Å². The number of benzene rings is 1. The van der Waals surface area contributed by atoms with Crippen molar-refractivity contribution in [3.8, 4) is 12.3 Å². The average molecular weight is 247 g/mol. The lowest BCUT2D eigenvalue weighted by molar-refractivity contribution is -0.131. The monoisotopic (exact) mass is 247 g/mol. The van der Waals surface area contributed by atoms with Crippen LogP contribution in [-0.4, -0.2) is 24.2 Å². The lowest BCUT2D eigenvalue weighted by Gasteiger charge is -2.23. The molecule has 0 radical (unpaired) electrons. The van der Waals surface area contributed by atoms with Gasteiger partial charge in [-0.3, -0.25) is 0 Å². The Balaban J connectivity index is 3.23. The van der Waals surface area contributed by atoms with Gasteiger partial charge >= 0.3 is 5.97 Å². The number of hydrogen-bond acceptors (Lipinski definition) is 2. The minimum Gasteiger partial charge on any atom is -0.478 e. The highest BCUT2D eigenvalue weighted by molar-refractivity contribution is 5.87. The van der Waals surface area contributed by atoms with Crippen LogP contribution in [0.2, 0.25) is 0 Å². The van der Waals surface area contributed by atoms with Crippen LogP contribution in [0.1, 0.15) is 12.5 Å². The number of halogens is 1. The van der Waals surface area contributed by atoms with E-state index in [1.807, 2.05) is 6.92 Å². The molecule has 0 fully saturated rings. The van der Waals surface area contributed by atoms with Crippen LogP contribution in [0.15, 0.2) is 24.3 Å². The van der Waals surface area contributed by atoms with Crippen LogP contribution >= 0.6 is 0 Å². The standard InChI is InChI=1S/C14H14FNO2/c1-3-10-16(4-2)14-11(8-9-13(17)18)6-5-7-12(14)15/h1,5-9H,4,10H2,2H3,(H,17,18)/b9-8+. The van der Waals surface area contributed by atoms with Crippen molar-refractivity contribution in [2.75, 3.05) is 18.0 Å². The number of para-hydroxylation sites is 1. The molecule has 18 heavy (non-hydrogen) atoms. The number of carboxylic acids is 1. The molecular formula is C14H14FNO2. The van der Waals surface area contributed by atoms with Crippen LogP contribution in [-0.2, 0) is 4.79 Å². The molecule has 0 bridgehead atoms. The number of anilines is 1. The molecule has 0 aromatic heterocycles. The molecule has 3 nitrogen and oxygen atoms in total. The second kappa shape index (κ2) is 6.45. The molecule has 1 aromatic rings. The second-order valence-electron chi connectivity index (χ2n) is 3.57. The van der Waals surface area contributed by atoms with Crippen LogP contribution in [0.3, 0.4) is 0 Å². The zero-order valence-electron chi connectivity index (χ0n) is 10.1. The summed E-state index contributed by atoms with van der Waals surface area (Å²) in [4.78, 5) is 12.2. The van der Waals surface area contributed by atoms with Gasteiger partial charge in [-0.15, -0.1) is 6.42 Å². The van der Waals surface area contributed by atoms with E-state index < -0.39 is 11.8 Å². The predicted octanol–water partition coefficient (Wildman–Crippen LogP) is 2.38. The van der Waals surface area contributed by atoms with Gasteiger partial charge in [-0.25, -0.2) is 9.18 Å². The highest BCUT2D eigenvalue weighted by Gasteiger charge is 2.12. The fraction of sp³-hybridized carbons (Fsp3) is 0.214. The number of carbonyl (C=O) groups is 1. The third-order valence-electron chi connectivity index (χ3n) is 2.40. The molecule has 0 unspecified atom stereocenters. The van der Waals surface area contributed by atoms with Gasteiger partial charge in [-0.2, -0.15) is 0 Å². The van der Waals surface area contributed by atoms with Crippen molar-refractivity contribution < 1.29 is 14.3 Å². The van der Waals surface area contributed by atoms with Crippen molar-refractivity contribution in [2.24, 2.45) is 0 Å². The lowest BCUT2D eigenvalue weighted by atomic mass is 10.1. The number of terminal acetylenes is 1. The maximum Gasteiger partial charge on any atom is 0.328 e. The quantitative estimate of drug-likeness (QED) is 0.641. The highest BCUT2D eigenvalue weighted by Crippen LogP contribution is 2.25. The second-order valence-corrected chi connectivity index (χ2v) is 3.57. The Morgan fingerprint density at radius 1 is 1.61 bits per heavy atom. The van der Waals surface area contributed by atoms with Crippen LogP contribution in [0.5, 0.6) is 0 Å². The largest absolute Gasteiger partial charge is 0.478 e. The van der Waals surface area contributed by atoms with Crippen LogP contribution in [0.4, 0.5) is 10.1 Å². The van der Waals surface area contributed by atoms with Gasteiger partial charge in [0.05, 0.1) is 12.2 Å². The van der Waals surface area contributed by atoms with Crippen molar-refractivity contribution in [1.29, 1.82) is 0 Å². The van der Waals surface area contributed by atoms with E-state index in [0.717, 1.165) is 6.08 Å². The minimum absolute atomic E-state index is 0.269. The topological polar surface area (TPSA) is 40.5 Å². The van der Waals surface area contributed by atoms with E-state index in [1.165, 1.54) is 18.2 Å². The lowest BCUT2D eigenvalue weighted by Crippen LogP contribution is -2.24. The van der Waals surface area contributed by atoms with Gasteiger partial charge in [0, 0.05) is 18.2 Å². The van der Waals surface area contributed by atoms with E-state index in [1.54, 1.807) is 11.0 Å². The van der Waals surface area contributed by atoms with Crippen LogP contribution < -0.4 is 4.90 Å². The van der Waals surface area contributed by atoms with E-state index in [2.05, 4.69) is 5.92 Å². The summed E-state index contributed by atoms with van der Waals surface area (Å²) in [6.07, 6.45) is 7.57. The number of nitrogens with zero attached hydrogens (tertiary/aromatic N) is 1. The number of aliphatic carboxylic acids is 1. The fourth-order valence-electron chi connectivity index (χ4n) is 1.62. The van der Waals surface area contributed by atoms with Gasteiger partial charge in [0.25, 0.3) is 0 Å². The molecule has 0 amide bonds. The minimum atomic E-state index is -1.08. The summed E-state index contributed by atoms with van der Waals surface area (Å²) >= 11 is 0. The first-order chi connectivity index (χ1) is 8.60. The Kier molecular flexibility index (Phi) is 4.94. The normalized spacial score (nSPS) is 10.3. The molecule has 1 N–H and O–H groups in total. The molecule has 4 heteroatoms. The van der Waals surface area contributed by atoms with Crippen molar-refractivity contribution in [3.05, 3.63) is 35.7 Å². The summed E-state index contributed by atoms with van der Waals surface area (Å²) in [5.74, 6) is 0.960. The zero-order valence-corrected chi connectivity index (χ0v) is 10.1. The molecule has 0 saturated heterocycles. The van der Waals surface area contributed by atoms with Gasteiger partial charge in [-0.1, -0.05) is 18.1 Å². The Morgan fingerprint density at radius 2 is 2.33 bits per heavy atom. The smallest absolute Gasteiger partial charge is 0.328 e. The van der Waals surface area contributed by atoms with E-state index in [4.69, 9.17) is 11.5 Å². The van der Waals surface area contributed by atoms with Crippen molar-refractivity contribution >= 4 is 17.7 Å². The molecule has 0 aliphatic heterocycles. The third-order valence-corrected chi connectivity index (χ3v) is 2.40. The van der Waals surface area contributed by atoms with Gasteiger partial charge in [0.1, 0.15) is 5.82 Å². The molecule has 94 valence electrons. The maximum atomic E-state index is 13.8. The SMILES string of the molecule is C#CCN(CC)c1c(F)cccc1/C=C/C(=O)O. The Hall–Kier alpha value is -2.28. The zero-order chi connectivity index (χ0) is 13.5. The third kappa shape index (κ3) is 3.36. The van der Waals surface area contributed by atoms with E-state index in [0.29, 0.717) is 17.8 Å². The summed E-state index contributed by atoms with van der Waals surface area (Å²) in [6, 6.07) is 4.51. The maximum absolute atomic E-state index is 13.8.